The van der Waals surface area contributed by atoms with Crippen molar-refractivity contribution in [2.75, 3.05) is 12.4 Å². The molecule has 0 saturated heterocycles. The highest BCUT2D eigenvalue weighted by atomic mass is 19.1. The number of hydrogen-bond acceptors (Lipinski definition) is 3. The molecule has 0 aliphatic heterocycles. The number of fused-ring (bicyclic) bond motifs is 3. The second-order valence-electron chi connectivity index (χ2n) is 6.00. The normalized spacial score (nSPS) is 11.0. The van der Waals surface area contributed by atoms with Crippen LogP contribution in [0.5, 0.6) is 5.75 Å². The van der Waals surface area contributed by atoms with Crippen molar-refractivity contribution in [1.82, 2.24) is 0 Å². The Balaban J connectivity index is 1.66. The summed E-state index contributed by atoms with van der Waals surface area (Å²) in [5.41, 5.74) is 2.55. The fraction of sp³-hybridized carbons (Fsp3) is 0.0952. The predicted octanol–water partition coefficient (Wildman–Crippen LogP) is 4.91. The molecule has 1 amide bonds. The fourth-order valence-electron chi connectivity index (χ4n) is 3.04. The number of nitrogens with one attached hydrogen (secondary N) is 1. The van der Waals surface area contributed by atoms with Crippen LogP contribution in [-0.2, 0) is 11.2 Å². The average Bonchev–Trinajstić information content (AvgIpc) is 2.98. The van der Waals surface area contributed by atoms with Crippen molar-refractivity contribution in [2.24, 2.45) is 0 Å². The van der Waals surface area contributed by atoms with E-state index in [1.807, 2.05) is 30.3 Å². The molecule has 4 rings (SSSR count). The van der Waals surface area contributed by atoms with Crippen LogP contribution in [0.2, 0.25) is 0 Å². The van der Waals surface area contributed by atoms with Gasteiger partial charge in [-0.25, -0.2) is 4.39 Å². The van der Waals surface area contributed by atoms with Crippen LogP contribution in [0.1, 0.15) is 5.56 Å². The van der Waals surface area contributed by atoms with E-state index in [2.05, 4.69) is 5.32 Å². The molecule has 0 radical (unpaired) electrons. The van der Waals surface area contributed by atoms with E-state index in [1.165, 1.54) is 12.1 Å². The van der Waals surface area contributed by atoms with E-state index in [1.54, 1.807) is 25.3 Å². The van der Waals surface area contributed by atoms with Crippen LogP contribution in [0, 0.1) is 5.82 Å². The van der Waals surface area contributed by atoms with Crippen molar-refractivity contribution < 1.29 is 18.3 Å². The smallest absolute Gasteiger partial charge is 0.228 e. The van der Waals surface area contributed by atoms with Gasteiger partial charge in [-0.15, -0.1) is 0 Å². The Bertz CT molecular complexity index is 1120. The maximum absolute atomic E-state index is 13.3. The lowest BCUT2D eigenvalue weighted by molar-refractivity contribution is -0.115. The molecule has 0 saturated carbocycles. The molecule has 1 N–H and O–H groups in total. The Morgan fingerprint density at radius 2 is 1.88 bits per heavy atom. The Labute approximate surface area is 149 Å². The molecule has 0 fully saturated rings. The lowest BCUT2D eigenvalue weighted by atomic mass is 10.1. The van der Waals surface area contributed by atoms with Crippen molar-refractivity contribution >= 4 is 33.5 Å². The standard InChI is InChI=1S/C21H16FNO3/c1-25-20-11-16-15-7-2-3-8-18(15)26-19(16)12-17(20)23-21(24)10-13-5-4-6-14(22)9-13/h2-9,11-12H,10H2,1H3,(H,23,24). The van der Waals surface area contributed by atoms with Gasteiger partial charge in [0.25, 0.3) is 0 Å². The monoisotopic (exact) mass is 349 g/mol. The molecule has 5 heteroatoms. The third-order valence-corrected chi connectivity index (χ3v) is 4.23. The first kappa shape index (κ1) is 16.1. The Morgan fingerprint density at radius 3 is 2.69 bits per heavy atom. The fourth-order valence-corrected chi connectivity index (χ4v) is 3.04. The van der Waals surface area contributed by atoms with E-state index in [4.69, 9.17) is 9.15 Å². The molecule has 4 nitrogen and oxygen atoms in total. The Hall–Kier alpha value is -3.34. The van der Waals surface area contributed by atoms with Gasteiger partial charge < -0.3 is 14.5 Å². The minimum Gasteiger partial charge on any atom is -0.495 e. The number of methoxy groups -OCH3 is 1. The minimum absolute atomic E-state index is 0.0685. The van der Waals surface area contributed by atoms with E-state index < -0.39 is 0 Å². The lowest BCUT2D eigenvalue weighted by Crippen LogP contribution is -2.15. The number of carbonyl (C=O) groups is 1. The zero-order chi connectivity index (χ0) is 18.1. The zero-order valence-corrected chi connectivity index (χ0v) is 14.1. The summed E-state index contributed by atoms with van der Waals surface area (Å²) in [4.78, 5) is 12.3. The SMILES string of the molecule is COc1cc2c(cc1NC(=O)Cc1cccc(F)c1)oc1ccccc12. The number of ether oxygens (including phenoxy) is 1. The molecule has 130 valence electrons. The number of benzene rings is 3. The summed E-state index contributed by atoms with van der Waals surface area (Å²) >= 11 is 0. The molecular formula is C21H16FNO3. The van der Waals surface area contributed by atoms with Gasteiger partial charge >= 0.3 is 0 Å². The third kappa shape index (κ3) is 2.99. The topological polar surface area (TPSA) is 51.5 Å². The zero-order valence-electron chi connectivity index (χ0n) is 14.1. The molecule has 1 heterocycles. The molecular weight excluding hydrogens is 333 g/mol. The van der Waals surface area contributed by atoms with Gasteiger partial charge in [-0.2, -0.15) is 0 Å². The number of hydrogen-bond donors (Lipinski definition) is 1. The quantitative estimate of drug-likeness (QED) is 0.569. The molecule has 3 aromatic carbocycles. The van der Waals surface area contributed by atoms with Gasteiger partial charge in [0.1, 0.15) is 22.7 Å². The van der Waals surface area contributed by atoms with Gasteiger partial charge in [-0.1, -0.05) is 30.3 Å². The summed E-state index contributed by atoms with van der Waals surface area (Å²) in [5.74, 6) is -0.0856. The summed E-state index contributed by atoms with van der Waals surface area (Å²) < 4.78 is 24.6. The van der Waals surface area contributed by atoms with Crippen molar-refractivity contribution in [2.45, 2.75) is 6.42 Å². The van der Waals surface area contributed by atoms with E-state index >= 15 is 0 Å². The molecule has 0 bridgehead atoms. The molecule has 0 unspecified atom stereocenters. The predicted molar refractivity (Wildman–Crippen MR) is 99.0 cm³/mol. The summed E-state index contributed by atoms with van der Waals surface area (Å²) in [5, 5.41) is 4.72. The van der Waals surface area contributed by atoms with Crippen LogP contribution in [0.3, 0.4) is 0 Å². The molecule has 0 aliphatic rings. The van der Waals surface area contributed by atoms with Crippen LogP contribution >= 0.6 is 0 Å². The van der Waals surface area contributed by atoms with Gasteiger partial charge in [-0.3, -0.25) is 4.79 Å². The molecule has 26 heavy (non-hydrogen) atoms. The number of amides is 1. The third-order valence-electron chi connectivity index (χ3n) is 4.23. The lowest BCUT2D eigenvalue weighted by Gasteiger charge is -2.10. The molecule has 0 aliphatic carbocycles. The van der Waals surface area contributed by atoms with Gasteiger partial charge in [-0.05, 0) is 29.8 Å². The maximum Gasteiger partial charge on any atom is 0.228 e. The van der Waals surface area contributed by atoms with E-state index in [0.29, 0.717) is 22.6 Å². The van der Waals surface area contributed by atoms with Gasteiger partial charge in [0.05, 0.1) is 19.2 Å². The summed E-state index contributed by atoms with van der Waals surface area (Å²) in [6.45, 7) is 0. The second-order valence-corrected chi connectivity index (χ2v) is 6.00. The summed E-state index contributed by atoms with van der Waals surface area (Å²) in [7, 11) is 1.55. The minimum atomic E-state index is -0.364. The first-order valence-corrected chi connectivity index (χ1v) is 8.17. The van der Waals surface area contributed by atoms with Crippen molar-refractivity contribution in [3.8, 4) is 5.75 Å². The first-order chi connectivity index (χ1) is 12.6. The van der Waals surface area contributed by atoms with Crippen molar-refractivity contribution in [3.05, 3.63) is 72.0 Å². The van der Waals surface area contributed by atoms with Crippen LogP contribution in [0.25, 0.3) is 21.9 Å². The van der Waals surface area contributed by atoms with Gasteiger partial charge in [0.2, 0.25) is 5.91 Å². The Kier molecular flexibility index (Phi) is 4.05. The highest BCUT2D eigenvalue weighted by molar-refractivity contribution is 6.07. The second kappa shape index (κ2) is 6.52. The highest BCUT2D eigenvalue weighted by Gasteiger charge is 2.14. The number of para-hydroxylation sites is 1. The molecule has 1 aromatic heterocycles. The van der Waals surface area contributed by atoms with Crippen LogP contribution < -0.4 is 10.1 Å². The van der Waals surface area contributed by atoms with Crippen LogP contribution in [-0.4, -0.2) is 13.0 Å². The van der Waals surface area contributed by atoms with E-state index in [-0.39, 0.29) is 18.1 Å². The van der Waals surface area contributed by atoms with Crippen molar-refractivity contribution in [3.63, 3.8) is 0 Å². The number of carbonyl (C=O) groups excluding carboxylic acids is 1. The molecule has 0 spiro atoms. The summed E-state index contributed by atoms with van der Waals surface area (Å²) in [6, 6.07) is 17.3. The average molecular weight is 349 g/mol. The number of furan rings is 1. The van der Waals surface area contributed by atoms with Crippen molar-refractivity contribution in [1.29, 1.82) is 0 Å². The number of rotatable bonds is 4. The molecule has 0 atom stereocenters. The molecule has 4 aromatic rings. The van der Waals surface area contributed by atoms with Crippen LogP contribution in [0.15, 0.2) is 65.1 Å². The maximum atomic E-state index is 13.3. The summed E-state index contributed by atoms with van der Waals surface area (Å²) in [6.07, 6.45) is 0.0685. The highest BCUT2D eigenvalue weighted by Crippen LogP contribution is 2.36. The largest absolute Gasteiger partial charge is 0.495 e. The van der Waals surface area contributed by atoms with Gasteiger partial charge in [0.15, 0.2) is 0 Å². The van der Waals surface area contributed by atoms with E-state index in [9.17, 15) is 9.18 Å². The first-order valence-electron chi connectivity index (χ1n) is 8.17. The number of anilines is 1. The van der Waals surface area contributed by atoms with Crippen LogP contribution in [0.4, 0.5) is 10.1 Å². The van der Waals surface area contributed by atoms with Gasteiger partial charge in [0, 0.05) is 16.8 Å². The number of halogens is 1. The van der Waals surface area contributed by atoms with E-state index in [0.717, 1.165) is 16.4 Å². The Morgan fingerprint density at radius 1 is 1.04 bits per heavy atom.